The molecule has 2 aliphatic carbocycles. The molecule has 204 valence electrons. The molecule has 0 atom stereocenters. The summed E-state index contributed by atoms with van der Waals surface area (Å²) in [5, 5.41) is 0. The van der Waals surface area contributed by atoms with Gasteiger partial charge in [-0.05, 0) is 68.2 Å². The van der Waals surface area contributed by atoms with Crippen molar-refractivity contribution >= 4 is 17.6 Å². The minimum absolute atomic E-state index is 0.0411. The Morgan fingerprint density at radius 1 is 0.947 bits per heavy atom. The zero-order chi connectivity index (χ0) is 26.5. The van der Waals surface area contributed by atoms with Crippen LogP contribution in [-0.4, -0.2) is 44.0 Å². The van der Waals surface area contributed by atoms with Crippen LogP contribution >= 0.6 is 0 Å². The van der Waals surface area contributed by atoms with E-state index in [1.54, 1.807) is 6.07 Å². The van der Waals surface area contributed by atoms with E-state index in [0.717, 1.165) is 56.9 Å². The van der Waals surface area contributed by atoms with Crippen LogP contribution in [0.4, 0.5) is 5.69 Å². The fourth-order valence-corrected chi connectivity index (χ4v) is 6.11. The first-order chi connectivity index (χ1) is 18.5. The molecular weight excluding hydrogens is 482 g/mol. The monoisotopic (exact) mass is 521 g/mol. The summed E-state index contributed by atoms with van der Waals surface area (Å²) in [7, 11) is 1.37. The SMILES string of the molecule is COC(=O)c1cc(OCc2ccccc2)ccc1N(C(=O)C1CCC(C)CC1)C1CCC2(CC1)OCCO2. The summed E-state index contributed by atoms with van der Waals surface area (Å²) in [6.07, 6.45) is 6.83. The highest BCUT2D eigenvalue weighted by atomic mass is 16.7. The van der Waals surface area contributed by atoms with Crippen molar-refractivity contribution in [2.45, 2.75) is 76.7 Å². The molecule has 38 heavy (non-hydrogen) atoms. The van der Waals surface area contributed by atoms with Crippen LogP contribution in [0.2, 0.25) is 0 Å². The summed E-state index contributed by atoms with van der Waals surface area (Å²) in [6.45, 7) is 3.87. The van der Waals surface area contributed by atoms with Crippen LogP contribution < -0.4 is 9.64 Å². The second-order valence-corrected chi connectivity index (χ2v) is 10.9. The van der Waals surface area contributed by atoms with Crippen LogP contribution in [0.5, 0.6) is 5.75 Å². The molecule has 1 amide bonds. The molecule has 2 aromatic carbocycles. The van der Waals surface area contributed by atoms with E-state index in [4.69, 9.17) is 18.9 Å². The Labute approximate surface area is 225 Å². The molecule has 3 fully saturated rings. The number of rotatable bonds is 7. The van der Waals surface area contributed by atoms with Gasteiger partial charge in [0.25, 0.3) is 0 Å². The fourth-order valence-electron chi connectivity index (χ4n) is 6.11. The van der Waals surface area contributed by atoms with Gasteiger partial charge >= 0.3 is 5.97 Å². The smallest absolute Gasteiger partial charge is 0.340 e. The van der Waals surface area contributed by atoms with Crippen molar-refractivity contribution in [1.82, 2.24) is 0 Å². The molecule has 0 aromatic heterocycles. The summed E-state index contributed by atoms with van der Waals surface area (Å²) < 4.78 is 23.1. The number of benzene rings is 2. The van der Waals surface area contributed by atoms with E-state index in [2.05, 4.69) is 6.92 Å². The third-order valence-electron chi connectivity index (χ3n) is 8.38. The first-order valence-corrected chi connectivity index (χ1v) is 14.0. The van der Waals surface area contributed by atoms with Crippen LogP contribution in [0, 0.1) is 11.8 Å². The van der Waals surface area contributed by atoms with Gasteiger partial charge in [0.15, 0.2) is 5.79 Å². The zero-order valence-corrected chi connectivity index (χ0v) is 22.5. The average molecular weight is 522 g/mol. The van der Waals surface area contributed by atoms with Crippen LogP contribution in [0.25, 0.3) is 0 Å². The van der Waals surface area contributed by atoms with Crippen molar-refractivity contribution in [2.24, 2.45) is 11.8 Å². The highest BCUT2D eigenvalue weighted by molar-refractivity contribution is 6.04. The van der Waals surface area contributed by atoms with Crippen LogP contribution in [-0.2, 0) is 25.6 Å². The average Bonchev–Trinajstić information content (AvgIpc) is 3.41. The molecule has 1 heterocycles. The Balaban J connectivity index is 1.44. The standard InChI is InChI=1S/C31H39NO6/c1-22-8-10-24(11-9-22)29(33)32(25-14-16-31(17-15-25)37-18-19-38-31)28-13-12-26(20-27(28)30(34)35-2)36-21-23-6-4-3-5-7-23/h3-7,12-13,20,22,24-25H,8-11,14-19,21H2,1-2H3. The lowest BCUT2D eigenvalue weighted by atomic mass is 9.81. The topological polar surface area (TPSA) is 74.3 Å². The minimum Gasteiger partial charge on any atom is -0.489 e. The number of carbonyl (C=O) groups excluding carboxylic acids is 2. The van der Waals surface area contributed by atoms with Gasteiger partial charge in [-0.25, -0.2) is 4.79 Å². The van der Waals surface area contributed by atoms with E-state index >= 15 is 0 Å². The van der Waals surface area contributed by atoms with Crippen molar-refractivity contribution in [3.63, 3.8) is 0 Å². The number of ether oxygens (including phenoxy) is 4. The Morgan fingerprint density at radius 2 is 1.63 bits per heavy atom. The Morgan fingerprint density at radius 3 is 2.29 bits per heavy atom. The molecule has 7 heteroatoms. The maximum Gasteiger partial charge on any atom is 0.340 e. The van der Waals surface area contributed by atoms with Gasteiger partial charge in [0.2, 0.25) is 5.91 Å². The molecule has 1 saturated heterocycles. The van der Waals surface area contributed by atoms with E-state index in [1.165, 1.54) is 7.11 Å². The fraction of sp³-hybridized carbons (Fsp3) is 0.548. The first kappa shape index (κ1) is 26.7. The van der Waals surface area contributed by atoms with Crippen molar-refractivity contribution in [1.29, 1.82) is 0 Å². The molecule has 0 N–H and O–H groups in total. The van der Waals surface area contributed by atoms with Crippen molar-refractivity contribution in [3.05, 3.63) is 59.7 Å². The second-order valence-electron chi connectivity index (χ2n) is 10.9. The van der Waals surface area contributed by atoms with E-state index < -0.39 is 11.8 Å². The van der Waals surface area contributed by atoms with Crippen LogP contribution in [0.3, 0.4) is 0 Å². The lowest BCUT2D eigenvalue weighted by Crippen LogP contribution is -2.49. The summed E-state index contributed by atoms with van der Waals surface area (Å²) >= 11 is 0. The van der Waals surface area contributed by atoms with Crippen molar-refractivity contribution < 1.29 is 28.5 Å². The third kappa shape index (κ3) is 5.89. The Bertz CT molecular complexity index is 1090. The molecule has 1 spiro atoms. The van der Waals surface area contributed by atoms with E-state index in [-0.39, 0.29) is 17.9 Å². The molecule has 2 aromatic rings. The number of hydrogen-bond donors (Lipinski definition) is 0. The summed E-state index contributed by atoms with van der Waals surface area (Å²) in [5.41, 5.74) is 1.98. The highest BCUT2D eigenvalue weighted by Crippen LogP contribution is 2.41. The van der Waals surface area contributed by atoms with Gasteiger partial charge in [-0.3, -0.25) is 4.79 Å². The second kappa shape index (κ2) is 11.9. The lowest BCUT2D eigenvalue weighted by molar-refractivity contribution is -0.179. The number of methoxy groups -OCH3 is 1. The number of esters is 1. The normalized spacial score (nSPS) is 23.2. The number of nitrogens with zero attached hydrogens (tertiary/aromatic N) is 1. The van der Waals surface area contributed by atoms with Crippen molar-refractivity contribution in [3.8, 4) is 5.75 Å². The molecule has 0 unspecified atom stereocenters. The van der Waals surface area contributed by atoms with E-state index in [1.807, 2.05) is 47.4 Å². The van der Waals surface area contributed by atoms with Gasteiger partial charge in [-0.2, -0.15) is 0 Å². The van der Waals surface area contributed by atoms with Gasteiger partial charge in [-0.1, -0.05) is 37.3 Å². The third-order valence-corrected chi connectivity index (χ3v) is 8.38. The minimum atomic E-state index is -0.522. The largest absolute Gasteiger partial charge is 0.489 e. The highest BCUT2D eigenvalue weighted by Gasteiger charge is 2.44. The lowest BCUT2D eigenvalue weighted by Gasteiger charge is -2.42. The van der Waals surface area contributed by atoms with Gasteiger partial charge < -0.3 is 23.8 Å². The number of carbonyl (C=O) groups is 2. The molecule has 5 rings (SSSR count). The predicted molar refractivity (Wildman–Crippen MR) is 144 cm³/mol. The van der Waals surface area contributed by atoms with E-state index in [0.29, 0.717) is 42.7 Å². The zero-order valence-electron chi connectivity index (χ0n) is 22.5. The van der Waals surface area contributed by atoms with Crippen molar-refractivity contribution in [2.75, 3.05) is 25.2 Å². The van der Waals surface area contributed by atoms with Gasteiger partial charge in [0, 0.05) is 24.8 Å². The summed E-state index contributed by atoms with van der Waals surface area (Å²) in [4.78, 5) is 29.1. The molecule has 0 bridgehead atoms. The molecule has 0 radical (unpaired) electrons. The van der Waals surface area contributed by atoms with Crippen LogP contribution in [0.1, 0.15) is 74.2 Å². The maximum atomic E-state index is 14.2. The van der Waals surface area contributed by atoms with Gasteiger partial charge in [0.1, 0.15) is 12.4 Å². The van der Waals surface area contributed by atoms with Gasteiger partial charge in [-0.15, -0.1) is 0 Å². The summed E-state index contributed by atoms with van der Waals surface area (Å²) in [6, 6.07) is 15.2. The first-order valence-electron chi connectivity index (χ1n) is 14.0. The predicted octanol–water partition coefficient (Wildman–Crippen LogP) is 5.90. The Hall–Kier alpha value is -2.90. The van der Waals surface area contributed by atoms with Gasteiger partial charge in [0.05, 0.1) is 31.6 Å². The molecule has 7 nitrogen and oxygen atoms in total. The summed E-state index contributed by atoms with van der Waals surface area (Å²) in [5.74, 6) is 0.272. The molecule has 2 saturated carbocycles. The number of amides is 1. The number of hydrogen-bond acceptors (Lipinski definition) is 6. The maximum absolute atomic E-state index is 14.2. The molecular formula is C31H39NO6. The van der Waals surface area contributed by atoms with Crippen LogP contribution in [0.15, 0.2) is 48.5 Å². The van der Waals surface area contributed by atoms with E-state index in [9.17, 15) is 9.59 Å². The quantitative estimate of drug-likeness (QED) is 0.423. The molecule has 3 aliphatic rings. The number of anilines is 1. The Kier molecular flexibility index (Phi) is 8.34. The molecule has 1 aliphatic heterocycles.